The van der Waals surface area contributed by atoms with Crippen molar-refractivity contribution in [3.8, 4) is 5.88 Å². The Morgan fingerprint density at radius 3 is 2.82 bits per heavy atom. The normalized spacial score (nSPS) is 8.36. The van der Waals surface area contributed by atoms with Gasteiger partial charge in [0.2, 0.25) is 0 Å². The summed E-state index contributed by atoms with van der Waals surface area (Å²) in [5.41, 5.74) is 0. The second kappa shape index (κ2) is 4.74. The van der Waals surface area contributed by atoms with E-state index in [4.69, 9.17) is 5.11 Å². The van der Waals surface area contributed by atoms with Gasteiger partial charge < -0.3 is 5.11 Å². The van der Waals surface area contributed by atoms with E-state index in [9.17, 15) is 0 Å². The lowest BCUT2D eigenvalue weighted by atomic mass is 10.4. The van der Waals surface area contributed by atoms with Crippen LogP contribution in [0.3, 0.4) is 0 Å². The first-order valence-corrected chi connectivity index (χ1v) is 3.13. The summed E-state index contributed by atoms with van der Waals surface area (Å²) in [6, 6.07) is 5.29. The zero-order valence-corrected chi connectivity index (χ0v) is 6.92. The lowest BCUT2D eigenvalue weighted by molar-refractivity contribution is -0.692. The van der Waals surface area contributed by atoms with Crippen LogP contribution in [0.25, 0.3) is 0 Å². The predicted octanol–water partition coefficient (Wildman–Crippen LogP) is 1.29. The van der Waals surface area contributed by atoms with Crippen LogP contribution in [0.2, 0.25) is 0 Å². The predicted molar refractivity (Wildman–Crippen MR) is 45.7 cm³/mol. The minimum Gasteiger partial charge on any atom is -0.460 e. The number of aromatic hydroxyl groups is 1. The number of aromatic nitrogens is 1. The van der Waals surface area contributed by atoms with E-state index in [1.54, 1.807) is 29.0 Å². The molecule has 1 N–H and O–H groups in total. The van der Waals surface area contributed by atoms with E-state index in [0.29, 0.717) is 6.54 Å². The topological polar surface area (TPSA) is 24.1 Å². The largest absolute Gasteiger partial charge is 0.460 e. The molecule has 0 aliphatic rings. The lowest BCUT2D eigenvalue weighted by Gasteiger charge is -1.91. The molecule has 3 heteroatoms. The maximum atomic E-state index is 9.16. The van der Waals surface area contributed by atoms with E-state index in [1.807, 2.05) is 6.07 Å². The molecule has 11 heavy (non-hydrogen) atoms. The molecule has 0 saturated carbocycles. The molecule has 1 aromatic rings. The highest BCUT2D eigenvalue weighted by molar-refractivity contribution is 5.85. The van der Waals surface area contributed by atoms with Crippen LogP contribution in [0.15, 0.2) is 37.1 Å². The number of rotatable bonds is 2. The summed E-state index contributed by atoms with van der Waals surface area (Å²) in [6.45, 7) is 4.21. The number of hydrogen-bond acceptors (Lipinski definition) is 1. The number of pyridine rings is 1. The third-order valence-corrected chi connectivity index (χ3v) is 1.24. The maximum Gasteiger partial charge on any atom is 0.365 e. The van der Waals surface area contributed by atoms with E-state index in [-0.39, 0.29) is 18.3 Å². The van der Waals surface area contributed by atoms with E-state index in [2.05, 4.69) is 6.58 Å². The van der Waals surface area contributed by atoms with Gasteiger partial charge in [0.25, 0.3) is 0 Å². The molecule has 0 fully saturated rings. The Bertz CT molecular complexity index is 237. The van der Waals surface area contributed by atoms with Crippen LogP contribution >= 0.6 is 12.4 Å². The summed E-state index contributed by atoms with van der Waals surface area (Å²) < 4.78 is 1.70. The third-order valence-electron chi connectivity index (χ3n) is 1.24. The van der Waals surface area contributed by atoms with Crippen LogP contribution in [0.5, 0.6) is 5.88 Å². The number of hydrogen-bond donors (Lipinski definition) is 1. The summed E-state index contributed by atoms with van der Waals surface area (Å²) in [7, 11) is 0. The van der Waals surface area contributed by atoms with Crippen molar-refractivity contribution in [3.63, 3.8) is 0 Å². The molecule has 0 aliphatic heterocycles. The zero-order valence-electron chi connectivity index (χ0n) is 6.10. The number of allylic oxidation sites excluding steroid dienone is 1. The minimum atomic E-state index is 0. The second-order valence-electron chi connectivity index (χ2n) is 2.00. The molecule has 1 heterocycles. The fourth-order valence-corrected chi connectivity index (χ4v) is 0.761. The molecule has 0 aliphatic carbocycles. The first-order chi connectivity index (χ1) is 4.84. The Balaban J connectivity index is 0.000001000. The zero-order chi connectivity index (χ0) is 7.40. The first kappa shape index (κ1) is 9.98. The Morgan fingerprint density at radius 1 is 1.55 bits per heavy atom. The van der Waals surface area contributed by atoms with Gasteiger partial charge in [-0.3, -0.25) is 0 Å². The monoisotopic (exact) mass is 172 g/mol. The van der Waals surface area contributed by atoms with Crippen LogP contribution < -0.4 is 4.57 Å². The fourth-order valence-electron chi connectivity index (χ4n) is 0.761. The van der Waals surface area contributed by atoms with Crippen molar-refractivity contribution in [3.05, 3.63) is 37.1 Å². The third kappa shape index (κ3) is 2.60. The Labute approximate surface area is 72.2 Å². The van der Waals surface area contributed by atoms with Gasteiger partial charge in [0, 0.05) is 6.07 Å². The summed E-state index contributed by atoms with van der Waals surface area (Å²) in [6.07, 6.45) is 3.54. The molecular formula is C8H11ClNO+. The number of nitrogens with zero attached hydrogens (tertiary/aromatic N) is 1. The van der Waals surface area contributed by atoms with Gasteiger partial charge in [0.05, 0.1) is 6.07 Å². The molecular weight excluding hydrogens is 162 g/mol. The molecule has 0 aromatic carbocycles. The lowest BCUT2D eigenvalue weighted by Crippen LogP contribution is -2.31. The average molecular weight is 173 g/mol. The molecule has 60 valence electrons. The Kier molecular flexibility index (Phi) is 4.30. The minimum absolute atomic E-state index is 0. The van der Waals surface area contributed by atoms with Crippen LogP contribution in [-0.4, -0.2) is 5.11 Å². The van der Waals surface area contributed by atoms with Gasteiger partial charge in [-0.15, -0.1) is 12.4 Å². The Morgan fingerprint density at radius 2 is 2.27 bits per heavy atom. The Hall–Kier alpha value is -1.02. The standard InChI is InChI=1S/C8H9NO.ClH/c1-2-6-9-7-4-3-5-8(9)10;/h2-5,7H,1,6H2;1H/p+1. The van der Waals surface area contributed by atoms with E-state index in [1.165, 1.54) is 0 Å². The van der Waals surface area contributed by atoms with E-state index < -0.39 is 0 Å². The molecule has 0 unspecified atom stereocenters. The van der Waals surface area contributed by atoms with Crippen molar-refractivity contribution in [2.24, 2.45) is 0 Å². The van der Waals surface area contributed by atoms with Gasteiger partial charge in [0.1, 0.15) is 0 Å². The van der Waals surface area contributed by atoms with Gasteiger partial charge in [-0.25, -0.2) is 0 Å². The van der Waals surface area contributed by atoms with Crippen molar-refractivity contribution in [2.75, 3.05) is 0 Å². The fraction of sp³-hybridized carbons (Fsp3) is 0.125. The first-order valence-electron chi connectivity index (χ1n) is 3.13. The van der Waals surface area contributed by atoms with Crippen LogP contribution in [-0.2, 0) is 6.54 Å². The smallest absolute Gasteiger partial charge is 0.365 e. The summed E-state index contributed by atoms with van der Waals surface area (Å²) >= 11 is 0. The molecule has 1 rings (SSSR count). The van der Waals surface area contributed by atoms with Crippen molar-refractivity contribution in [1.29, 1.82) is 0 Å². The summed E-state index contributed by atoms with van der Waals surface area (Å²) in [5.74, 6) is 0.266. The van der Waals surface area contributed by atoms with Gasteiger partial charge in [-0.05, 0) is 12.1 Å². The molecule has 2 nitrogen and oxygen atoms in total. The molecule has 0 saturated heterocycles. The molecule has 0 amide bonds. The summed E-state index contributed by atoms with van der Waals surface area (Å²) in [5, 5.41) is 9.16. The average Bonchev–Trinajstić information content (AvgIpc) is 1.94. The molecule has 0 spiro atoms. The molecule has 0 radical (unpaired) electrons. The van der Waals surface area contributed by atoms with Gasteiger partial charge >= 0.3 is 5.88 Å². The van der Waals surface area contributed by atoms with Crippen LogP contribution in [0, 0.1) is 0 Å². The van der Waals surface area contributed by atoms with E-state index >= 15 is 0 Å². The highest BCUT2D eigenvalue weighted by Crippen LogP contribution is 1.96. The maximum absolute atomic E-state index is 9.16. The highest BCUT2D eigenvalue weighted by atomic mass is 35.5. The highest BCUT2D eigenvalue weighted by Gasteiger charge is 2.01. The molecule has 0 bridgehead atoms. The van der Waals surface area contributed by atoms with Crippen LogP contribution in [0.4, 0.5) is 0 Å². The van der Waals surface area contributed by atoms with E-state index in [0.717, 1.165) is 0 Å². The van der Waals surface area contributed by atoms with Gasteiger partial charge in [-0.1, -0.05) is 6.58 Å². The van der Waals surface area contributed by atoms with Crippen molar-refractivity contribution < 1.29 is 9.67 Å². The molecule has 0 atom stereocenters. The quantitative estimate of drug-likeness (QED) is 0.528. The van der Waals surface area contributed by atoms with Gasteiger partial charge in [-0.2, -0.15) is 4.57 Å². The molecule has 1 aromatic heterocycles. The second-order valence-corrected chi connectivity index (χ2v) is 2.00. The summed E-state index contributed by atoms with van der Waals surface area (Å²) in [4.78, 5) is 0. The SMILES string of the molecule is C=CC[n+]1ccccc1O.Cl. The van der Waals surface area contributed by atoms with Crippen molar-refractivity contribution in [2.45, 2.75) is 6.54 Å². The van der Waals surface area contributed by atoms with Crippen molar-refractivity contribution in [1.82, 2.24) is 0 Å². The van der Waals surface area contributed by atoms with Crippen LogP contribution in [0.1, 0.15) is 0 Å². The van der Waals surface area contributed by atoms with Crippen molar-refractivity contribution >= 4 is 12.4 Å². The van der Waals surface area contributed by atoms with Gasteiger partial charge in [0.15, 0.2) is 12.7 Å². The number of halogens is 1.